The zero-order chi connectivity index (χ0) is 11.5. The number of likely N-dealkylation sites (tertiary alicyclic amines) is 1. The molecule has 5 heteroatoms. The van der Waals surface area contributed by atoms with E-state index in [-0.39, 0.29) is 6.42 Å². The highest BCUT2D eigenvalue weighted by Gasteiger charge is 2.25. The molecule has 0 radical (unpaired) electrons. The fourth-order valence-electron chi connectivity index (χ4n) is 2.09. The van der Waals surface area contributed by atoms with E-state index in [2.05, 4.69) is 16.9 Å². The molecule has 2 heterocycles. The minimum Gasteiger partial charge on any atom is -0.481 e. The van der Waals surface area contributed by atoms with Crippen LogP contribution in [0.5, 0.6) is 0 Å². The molecule has 1 fully saturated rings. The predicted octanol–water partition coefficient (Wildman–Crippen LogP) is 1.46. The molecule has 0 aliphatic carbocycles. The second-order valence-corrected chi connectivity index (χ2v) is 4.20. The first-order valence-corrected chi connectivity index (χ1v) is 5.53. The minimum atomic E-state index is -0.822. The molecule has 0 amide bonds. The Balaban J connectivity index is 1.99. The van der Waals surface area contributed by atoms with Crippen LogP contribution in [-0.2, 0) is 11.2 Å². The van der Waals surface area contributed by atoms with Gasteiger partial charge >= 0.3 is 5.97 Å². The topological polar surface area (TPSA) is 66.6 Å². The molecule has 1 atom stereocenters. The third-order valence-corrected chi connectivity index (χ3v) is 2.98. The third-order valence-electron chi connectivity index (χ3n) is 2.98. The van der Waals surface area contributed by atoms with Crippen molar-refractivity contribution < 1.29 is 14.3 Å². The first-order chi connectivity index (χ1) is 7.66. The summed E-state index contributed by atoms with van der Waals surface area (Å²) in [5, 5.41) is 8.56. The lowest BCUT2D eigenvalue weighted by atomic mass is 10.2. The van der Waals surface area contributed by atoms with Crippen LogP contribution in [-0.4, -0.2) is 34.6 Å². The Morgan fingerprint density at radius 3 is 3.19 bits per heavy atom. The van der Waals surface area contributed by atoms with Crippen molar-refractivity contribution in [2.45, 2.75) is 31.7 Å². The summed E-state index contributed by atoms with van der Waals surface area (Å²) in [7, 11) is 2.07. The van der Waals surface area contributed by atoms with Crippen LogP contribution in [0.2, 0.25) is 0 Å². The van der Waals surface area contributed by atoms with Gasteiger partial charge in [-0.1, -0.05) is 0 Å². The van der Waals surface area contributed by atoms with E-state index in [9.17, 15) is 4.79 Å². The highest BCUT2D eigenvalue weighted by atomic mass is 16.4. The van der Waals surface area contributed by atoms with Gasteiger partial charge in [0.15, 0.2) is 5.89 Å². The van der Waals surface area contributed by atoms with Gasteiger partial charge in [0.1, 0.15) is 6.26 Å². The molecule has 0 bridgehead atoms. The molecule has 1 aliphatic heterocycles. The van der Waals surface area contributed by atoms with Crippen molar-refractivity contribution in [3.05, 3.63) is 17.8 Å². The third kappa shape index (κ3) is 2.41. The summed E-state index contributed by atoms with van der Waals surface area (Å²) in [6, 6.07) is 0.335. The summed E-state index contributed by atoms with van der Waals surface area (Å²) in [6.07, 6.45) is 4.37. The average Bonchev–Trinajstić information content (AvgIpc) is 2.83. The number of nitrogens with zero attached hydrogens (tertiary/aromatic N) is 2. The number of rotatable bonds is 4. The van der Waals surface area contributed by atoms with Crippen LogP contribution in [0.4, 0.5) is 0 Å². The summed E-state index contributed by atoms with van der Waals surface area (Å²) < 4.78 is 5.27. The van der Waals surface area contributed by atoms with Gasteiger partial charge in [0.2, 0.25) is 0 Å². The lowest BCUT2D eigenvalue weighted by molar-refractivity contribution is -0.137. The van der Waals surface area contributed by atoms with Gasteiger partial charge < -0.3 is 9.52 Å². The summed E-state index contributed by atoms with van der Waals surface area (Å²) in [4.78, 5) is 17.0. The van der Waals surface area contributed by atoms with E-state index in [0.29, 0.717) is 18.4 Å². The van der Waals surface area contributed by atoms with Crippen molar-refractivity contribution in [1.29, 1.82) is 0 Å². The molecule has 1 N–H and O–H groups in total. The lowest BCUT2D eigenvalue weighted by Gasteiger charge is -2.15. The molecular formula is C11H16N2O3. The van der Waals surface area contributed by atoms with E-state index in [0.717, 1.165) is 18.7 Å². The number of hydrogen-bond acceptors (Lipinski definition) is 4. The van der Waals surface area contributed by atoms with Crippen LogP contribution < -0.4 is 0 Å². The molecule has 16 heavy (non-hydrogen) atoms. The summed E-state index contributed by atoms with van der Waals surface area (Å²) in [6.45, 7) is 1.09. The molecule has 1 unspecified atom stereocenters. The number of aryl methyl sites for hydroxylation is 1. The number of carbonyl (C=O) groups is 1. The molecule has 0 spiro atoms. The van der Waals surface area contributed by atoms with Gasteiger partial charge in [-0.25, -0.2) is 4.98 Å². The van der Waals surface area contributed by atoms with Crippen molar-refractivity contribution >= 4 is 5.97 Å². The second kappa shape index (κ2) is 4.65. The van der Waals surface area contributed by atoms with Crippen LogP contribution in [0.15, 0.2) is 10.7 Å². The maximum atomic E-state index is 10.4. The number of carboxylic acid groups (broad SMARTS) is 1. The maximum absolute atomic E-state index is 10.4. The van der Waals surface area contributed by atoms with Crippen LogP contribution >= 0.6 is 0 Å². The molecule has 88 valence electrons. The molecular weight excluding hydrogens is 208 g/mol. The smallest absolute Gasteiger partial charge is 0.303 e. The molecule has 0 saturated carbocycles. The molecule has 1 saturated heterocycles. The first-order valence-electron chi connectivity index (χ1n) is 5.53. The predicted molar refractivity (Wildman–Crippen MR) is 57.1 cm³/mol. The fourth-order valence-corrected chi connectivity index (χ4v) is 2.09. The number of oxazole rings is 1. The normalized spacial score (nSPS) is 21.4. The lowest BCUT2D eigenvalue weighted by Crippen LogP contribution is -2.17. The van der Waals surface area contributed by atoms with Crippen LogP contribution in [0.3, 0.4) is 0 Å². The zero-order valence-corrected chi connectivity index (χ0v) is 9.35. The van der Waals surface area contributed by atoms with Gasteiger partial charge in [-0.15, -0.1) is 0 Å². The van der Waals surface area contributed by atoms with E-state index in [1.807, 2.05) is 0 Å². The quantitative estimate of drug-likeness (QED) is 0.838. The SMILES string of the molecule is CN1CCCC1c1coc(CCC(=O)O)n1. The van der Waals surface area contributed by atoms with Gasteiger partial charge in [0, 0.05) is 6.42 Å². The first kappa shape index (κ1) is 11.1. The summed E-state index contributed by atoms with van der Waals surface area (Å²) in [5.41, 5.74) is 0.931. The zero-order valence-electron chi connectivity index (χ0n) is 9.35. The Morgan fingerprint density at radius 1 is 1.75 bits per heavy atom. The summed E-state index contributed by atoms with van der Waals surface area (Å²) in [5.74, 6) is -0.296. The van der Waals surface area contributed by atoms with Crippen molar-refractivity contribution in [2.75, 3.05) is 13.6 Å². The largest absolute Gasteiger partial charge is 0.481 e. The van der Waals surface area contributed by atoms with Gasteiger partial charge in [0.05, 0.1) is 18.2 Å². The molecule has 2 rings (SSSR count). The molecule has 1 aromatic heterocycles. The van der Waals surface area contributed by atoms with E-state index < -0.39 is 5.97 Å². The fraction of sp³-hybridized carbons (Fsp3) is 0.636. The van der Waals surface area contributed by atoms with Gasteiger partial charge in [-0.3, -0.25) is 9.69 Å². The van der Waals surface area contributed by atoms with Gasteiger partial charge in [0.25, 0.3) is 0 Å². The highest BCUT2D eigenvalue weighted by Crippen LogP contribution is 2.29. The maximum Gasteiger partial charge on any atom is 0.303 e. The molecule has 1 aromatic rings. The van der Waals surface area contributed by atoms with E-state index in [1.165, 1.54) is 6.42 Å². The number of aromatic nitrogens is 1. The van der Waals surface area contributed by atoms with E-state index in [1.54, 1.807) is 6.26 Å². The Morgan fingerprint density at radius 2 is 2.56 bits per heavy atom. The highest BCUT2D eigenvalue weighted by molar-refractivity contribution is 5.66. The van der Waals surface area contributed by atoms with Crippen molar-refractivity contribution in [1.82, 2.24) is 9.88 Å². The van der Waals surface area contributed by atoms with E-state index in [4.69, 9.17) is 9.52 Å². The van der Waals surface area contributed by atoms with E-state index >= 15 is 0 Å². The minimum absolute atomic E-state index is 0.0699. The Bertz CT molecular complexity index is 375. The van der Waals surface area contributed by atoms with Crippen LogP contribution in [0.1, 0.15) is 36.9 Å². The van der Waals surface area contributed by atoms with Gasteiger partial charge in [-0.2, -0.15) is 0 Å². The summed E-state index contributed by atoms with van der Waals surface area (Å²) >= 11 is 0. The Kier molecular flexibility index (Phi) is 3.24. The van der Waals surface area contributed by atoms with Crippen molar-refractivity contribution in [3.63, 3.8) is 0 Å². The average molecular weight is 224 g/mol. The molecule has 1 aliphatic rings. The van der Waals surface area contributed by atoms with Gasteiger partial charge in [-0.05, 0) is 26.4 Å². The van der Waals surface area contributed by atoms with Crippen molar-refractivity contribution in [3.8, 4) is 0 Å². The Labute approximate surface area is 94.1 Å². The molecule has 5 nitrogen and oxygen atoms in total. The number of hydrogen-bond donors (Lipinski definition) is 1. The van der Waals surface area contributed by atoms with Crippen molar-refractivity contribution in [2.24, 2.45) is 0 Å². The second-order valence-electron chi connectivity index (χ2n) is 4.20. The molecule has 0 aromatic carbocycles. The monoisotopic (exact) mass is 224 g/mol. The van der Waals surface area contributed by atoms with Crippen LogP contribution in [0, 0.1) is 0 Å². The number of aliphatic carboxylic acids is 1. The standard InChI is InChI=1S/C11H16N2O3/c1-13-6-2-3-9(13)8-7-16-10(12-8)4-5-11(14)15/h7,9H,2-6H2,1H3,(H,14,15). The van der Waals surface area contributed by atoms with Crippen LogP contribution in [0.25, 0.3) is 0 Å². The Hall–Kier alpha value is -1.36. The number of carboxylic acids is 1.